The number of rotatable bonds is 8. The molecule has 126 valence electrons. The van der Waals surface area contributed by atoms with E-state index in [0.29, 0.717) is 13.2 Å². The number of carbonyl (C=O) groups excluding carboxylic acids is 1. The van der Waals surface area contributed by atoms with Crippen LogP contribution in [-0.4, -0.2) is 30.2 Å². The summed E-state index contributed by atoms with van der Waals surface area (Å²) < 4.78 is 7.42. The van der Waals surface area contributed by atoms with E-state index in [2.05, 4.69) is 41.9 Å². The van der Waals surface area contributed by atoms with Gasteiger partial charge in [0.25, 0.3) is 5.91 Å². The average molecular weight is 316 g/mol. The van der Waals surface area contributed by atoms with Crippen molar-refractivity contribution in [3.05, 3.63) is 35.0 Å². The zero-order chi connectivity index (χ0) is 16.8. The Morgan fingerprint density at radius 2 is 2.04 bits per heavy atom. The van der Waals surface area contributed by atoms with Gasteiger partial charge in [-0.1, -0.05) is 13.0 Å². The van der Waals surface area contributed by atoms with Crippen molar-refractivity contribution in [1.29, 1.82) is 0 Å². The molecule has 0 aliphatic carbocycles. The molecule has 1 N–H and O–H groups in total. The first-order valence-electron chi connectivity index (χ1n) is 8.61. The smallest absolute Gasteiger partial charge is 0.268 e. The summed E-state index contributed by atoms with van der Waals surface area (Å²) in [5.41, 5.74) is 4.30. The highest BCUT2D eigenvalue weighted by molar-refractivity contribution is 6.01. The van der Waals surface area contributed by atoms with Crippen LogP contribution in [0.1, 0.15) is 48.8 Å². The van der Waals surface area contributed by atoms with Gasteiger partial charge in [-0.05, 0) is 56.9 Å². The minimum absolute atomic E-state index is 0.00935. The predicted molar refractivity (Wildman–Crippen MR) is 95.2 cm³/mol. The minimum atomic E-state index is 0.00935. The van der Waals surface area contributed by atoms with Gasteiger partial charge in [0.15, 0.2) is 0 Å². The average Bonchev–Trinajstić information content (AvgIpc) is 2.86. The van der Waals surface area contributed by atoms with Gasteiger partial charge in [-0.15, -0.1) is 0 Å². The Bertz CT molecular complexity index is 674. The van der Waals surface area contributed by atoms with Gasteiger partial charge in [0.05, 0.1) is 0 Å². The highest BCUT2D eigenvalue weighted by Crippen LogP contribution is 2.27. The van der Waals surface area contributed by atoms with Crippen molar-refractivity contribution in [2.45, 2.75) is 47.1 Å². The molecule has 0 bridgehead atoms. The molecule has 23 heavy (non-hydrogen) atoms. The molecule has 0 aliphatic heterocycles. The maximum atomic E-state index is 12.6. The molecule has 0 aliphatic rings. The Hall–Kier alpha value is -1.81. The molecule has 1 heterocycles. The number of nitrogens with one attached hydrogen (secondary N) is 1. The Labute approximate surface area is 138 Å². The minimum Gasteiger partial charge on any atom is -0.382 e. The summed E-state index contributed by atoms with van der Waals surface area (Å²) in [4.78, 5) is 12.6. The van der Waals surface area contributed by atoms with E-state index < -0.39 is 0 Å². The summed E-state index contributed by atoms with van der Waals surface area (Å²) in [5.74, 6) is 0.00935. The fraction of sp³-hybridized carbons (Fsp3) is 0.526. The fourth-order valence-corrected chi connectivity index (χ4v) is 3.01. The van der Waals surface area contributed by atoms with Gasteiger partial charge >= 0.3 is 0 Å². The Kier molecular flexibility index (Phi) is 6.22. The molecule has 1 aromatic heterocycles. The SMILES string of the molecule is CCOCCCNC(=O)c1c(C)c2cc(CC)ccc2n1CC. The molecular weight excluding hydrogens is 288 g/mol. The van der Waals surface area contributed by atoms with E-state index in [1.807, 2.05) is 13.8 Å². The summed E-state index contributed by atoms with van der Waals surface area (Å²) >= 11 is 0. The Morgan fingerprint density at radius 3 is 2.70 bits per heavy atom. The normalized spacial score (nSPS) is 11.1. The van der Waals surface area contributed by atoms with Crippen LogP contribution in [0.2, 0.25) is 0 Å². The largest absolute Gasteiger partial charge is 0.382 e. The van der Waals surface area contributed by atoms with Crippen molar-refractivity contribution in [2.24, 2.45) is 0 Å². The lowest BCUT2D eigenvalue weighted by Gasteiger charge is -2.10. The van der Waals surface area contributed by atoms with Crippen molar-refractivity contribution in [2.75, 3.05) is 19.8 Å². The number of aryl methyl sites for hydroxylation is 3. The highest BCUT2D eigenvalue weighted by atomic mass is 16.5. The number of hydrogen-bond donors (Lipinski definition) is 1. The van der Waals surface area contributed by atoms with Crippen LogP contribution in [0, 0.1) is 6.92 Å². The summed E-state index contributed by atoms with van der Waals surface area (Å²) in [6.45, 7) is 11.1. The second-order valence-corrected chi connectivity index (χ2v) is 5.73. The third kappa shape index (κ3) is 3.75. The standard InChI is InChI=1S/C19H28N2O2/c1-5-15-9-10-17-16(13-15)14(4)18(21(17)6-2)19(22)20-11-8-12-23-7-3/h9-10,13H,5-8,11-12H2,1-4H3,(H,20,22). The molecule has 0 unspecified atom stereocenters. The van der Waals surface area contributed by atoms with E-state index in [-0.39, 0.29) is 5.91 Å². The monoisotopic (exact) mass is 316 g/mol. The molecule has 1 amide bonds. The van der Waals surface area contributed by atoms with E-state index in [9.17, 15) is 4.79 Å². The number of aromatic nitrogens is 1. The van der Waals surface area contributed by atoms with Crippen molar-refractivity contribution in [1.82, 2.24) is 9.88 Å². The van der Waals surface area contributed by atoms with Crippen LogP contribution >= 0.6 is 0 Å². The van der Waals surface area contributed by atoms with Crippen LogP contribution in [0.3, 0.4) is 0 Å². The van der Waals surface area contributed by atoms with Crippen LogP contribution in [0.5, 0.6) is 0 Å². The number of ether oxygens (including phenoxy) is 1. The molecule has 0 fully saturated rings. The van der Waals surface area contributed by atoms with Gasteiger partial charge in [0, 0.05) is 37.2 Å². The van der Waals surface area contributed by atoms with Gasteiger partial charge in [-0.25, -0.2) is 0 Å². The number of amides is 1. The quantitative estimate of drug-likeness (QED) is 0.755. The van der Waals surface area contributed by atoms with Crippen molar-refractivity contribution in [3.8, 4) is 0 Å². The van der Waals surface area contributed by atoms with Gasteiger partial charge in [0.1, 0.15) is 5.69 Å². The topological polar surface area (TPSA) is 43.3 Å². The third-order valence-electron chi connectivity index (χ3n) is 4.28. The van der Waals surface area contributed by atoms with E-state index in [1.54, 1.807) is 0 Å². The zero-order valence-electron chi connectivity index (χ0n) is 14.7. The summed E-state index contributed by atoms with van der Waals surface area (Å²) in [7, 11) is 0. The molecule has 0 saturated heterocycles. The second kappa shape index (κ2) is 8.16. The van der Waals surface area contributed by atoms with Gasteiger partial charge < -0.3 is 14.6 Å². The van der Waals surface area contributed by atoms with Crippen molar-refractivity contribution >= 4 is 16.8 Å². The lowest BCUT2D eigenvalue weighted by molar-refractivity contribution is 0.0935. The molecule has 2 aromatic rings. The molecule has 0 atom stereocenters. The predicted octanol–water partition coefficient (Wildman–Crippen LogP) is 3.69. The lowest BCUT2D eigenvalue weighted by atomic mass is 10.1. The van der Waals surface area contributed by atoms with Gasteiger partial charge in [-0.2, -0.15) is 0 Å². The molecule has 0 radical (unpaired) electrons. The maximum absolute atomic E-state index is 12.6. The molecule has 0 saturated carbocycles. The molecular formula is C19H28N2O2. The molecule has 4 nitrogen and oxygen atoms in total. The Morgan fingerprint density at radius 1 is 1.26 bits per heavy atom. The van der Waals surface area contributed by atoms with E-state index in [4.69, 9.17) is 4.74 Å². The lowest BCUT2D eigenvalue weighted by Crippen LogP contribution is -2.28. The van der Waals surface area contributed by atoms with Crippen LogP contribution in [0.15, 0.2) is 18.2 Å². The van der Waals surface area contributed by atoms with Crippen LogP contribution in [-0.2, 0) is 17.7 Å². The number of benzene rings is 1. The van der Waals surface area contributed by atoms with Crippen molar-refractivity contribution < 1.29 is 9.53 Å². The van der Waals surface area contributed by atoms with Gasteiger partial charge in [0.2, 0.25) is 0 Å². The van der Waals surface area contributed by atoms with Gasteiger partial charge in [-0.3, -0.25) is 4.79 Å². The number of nitrogens with zero attached hydrogens (tertiary/aromatic N) is 1. The van der Waals surface area contributed by atoms with Crippen molar-refractivity contribution in [3.63, 3.8) is 0 Å². The first-order valence-corrected chi connectivity index (χ1v) is 8.61. The zero-order valence-corrected chi connectivity index (χ0v) is 14.7. The van der Waals surface area contributed by atoms with E-state index >= 15 is 0 Å². The van der Waals surface area contributed by atoms with Crippen LogP contribution in [0.25, 0.3) is 10.9 Å². The summed E-state index contributed by atoms with van der Waals surface area (Å²) in [6.07, 6.45) is 1.84. The number of fused-ring (bicyclic) bond motifs is 1. The highest BCUT2D eigenvalue weighted by Gasteiger charge is 2.19. The maximum Gasteiger partial charge on any atom is 0.268 e. The fourth-order valence-electron chi connectivity index (χ4n) is 3.01. The summed E-state index contributed by atoms with van der Waals surface area (Å²) in [5, 5.41) is 4.21. The van der Waals surface area contributed by atoms with Crippen LogP contribution in [0.4, 0.5) is 0 Å². The summed E-state index contributed by atoms with van der Waals surface area (Å²) in [6, 6.07) is 6.50. The Balaban J connectivity index is 2.25. The first kappa shape index (κ1) is 17.5. The molecule has 0 spiro atoms. The van der Waals surface area contributed by atoms with E-state index in [0.717, 1.165) is 42.8 Å². The molecule has 1 aromatic carbocycles. The third-order valence-corrected chi connectivity index (χ3v) is 4.28. The number of carbonyl (C=O) groups is 1. The second-order valence-electron chi connectivity index (χ2n) is 5.73. The number of hydrogen-bond acceptors (Lipinski definition) is 2. The van der Waals surface area contributed by atoms with Crippen LogP contribution < -0.4 is 5.32 Å². The molecule has 4 heteroatoms. The first-order chi connectivity index (χ1) is 11.1. The molecule has 2 rings (SSSR count). The van der Waals surface area contributed by atoms with E-state index in [1.165, 1.54) is 10.9 Å².